The van der Waals surface area contributed by atoms with Crippen LogP contribution in [0.5, 0.6) is 0 Å². The van der Waals surface area contributed by atoms with Crippen molar-refractivity contribution in [2.75, 3.05) is 13.1 Å². The fourth-order valence-electron chi connectivity index (χ4n) is 3.99. The van der Waals surface area contributed by atoms with Crippen LogP contribution in [0.3, 0.4) is 0 Å². The number of carbonyl (C=O) groups excluding carboxylic acids is 2. The highest BCUT2D eigenvalue weighted by atomic mass is 32.2. The molecule has 172 valence electrons. The van der Waals surface area contributed by atoms with Gasteiger partial charge in [-0.25, -0.2) is 9.48 Å². The molecule has 2 aromatic rings. The maximum absolute atomic E-state index is 12.8. The molecule has 7 nitrogen and oxygen atoms in total. The number of alkyl halides is 3. The third-order valence-electron chi connectivity index (χ3n) is 5.16. The second-order valence-corrected chi connectivity index (χ2v) is 9.82. The molecule has 0 bridgehead atoms. The van der Waals surface area contributed by atoms with Gasteiger partial charge in [0.05, 0.1) is 29.5 Å². The summed E-state index contributed by atoms with van der Waals surface area (Å²) in [4.78, 5) is 26.8. The minimum Gasteiger partial charge on any atom is -0.444 e. The van der Waals surface area contributed by atoms with Crippen LogP contribution in [0.2, 0.25) is 0 Å². The topological polar surface area (TPSA) is 76.5 Å². The zero-order chi connectivity index (χ0) is 23.3. The summed E-state index contributed by atoms with van der Waals surface area (Å²) >= 11 is -0.176. The van der Waals surface area contributed by atoms with Gasteiger partial charge in [0.15, 0.2) is 0 Å². The lowest BCUT2D eigenvalue weighted by Crippen LogP contribution is -2.46. The Balaban J connectivity index is 1.70. The van der Waals surface area contributed by atoms with E-state index in [1.807, 2.05) is 0 Å². The summed E-state index contributed by atoms with van der Waals surface area (Å²) in [6.07, 6.45) is 0.0814. The maximum atomic E-state index is 12.8. The van der Waals surface area contributed by atoms with Gasteiger partial charge < -0.3 is 10.1 Å². The number of carbonyl (C=O) groups is 2. The highest BCUT2D eigenvalue weighted by Gasteiger charge is 2.40. The zero-order valence-corrected chi connectivity index (χ0v) is 18.6. The molecule has 0 aliphatic carbocycles. The Kier molecular flexibility index (Phi) is 5.64. The fourth-order valence-corrected chi connectivity index (χ4v) is 4.53. The van der Waals surface area contributed by atoms with E-state index in [0.29, 0.717) is 24.3 Å². The van der Waals surface area contributed by atoms with Crippen molar-refractivity contribution in [3.8, 4) is 5.69 Å². The molecule has 1 aromatic carbocycles. The van der Waals surface area contributed by atoms with E-state index in [-0.39, 0.29) is 35.5 Å². The molecule has 11 heteroatoms. The van der Waals surface area contributed by atoms with E-state index in [4.69, 9.17) is 4.74 Å². The van der Waals surface area contributed by atoms with E-state index in [0.717, 1.165) is 11.3 Å². The summed E-state index contributed by atoms with van der Waals surface area (Å²) in [5.74, 6) is -0.201. The number of aromatic nitrogens is 2. The van der Waals surface area contributed by atoms with Gasteiger partial charge in [-0.3, -0.25) is 9.69 Å². The summed E-state index contributed by atoms with van der Waals surface area (Å²) in [6.45, 7) is 5.98. The Hall–Kier alpha value is -2.69. The average molecular weight is 469 g/mol. The van der Waals surface area contributed by atoms with E-state index in [2.05, 4.69) is 10.4 Å². The average Bonchev–Trinajstić information content (AvgIpc) is 2.93. The van der Waals surface area contributed by atoms with Crippen LogP contribution < -0.4 is 5.32 Å². The zero-order valence-electron chi connectivity index (χ0n) is 17.8. The highest BCUT2D eigenvalue weighted by Crippen LogP contribution is 2.38. The maximum Gasteiger partial charge on any atom is 0.446 e. The van der Waals surface area contributed by atoms with Gasteiger partial charge in [-0.15, -0.1) is 0 Å². The lowest BCUT2D eigenvalue weighted by atomic mass is 9.96. The third kappa shape index (κ3) is 4.72. The van der Waals surface area contributed by atoms with Crippen LogP contribution >= 0.6 is 11.8 Å². The van der Waals surface area contributed by atoms with Crippen molar-refractivity contribution in [2.24, 2.45) is 0 Å². The SMILES string of the molecule is CC(C)(C)OC(=O)N1CCc2c3c(nn2-c2ccc(SC(F)(F)F)cc2)CC(=O)NCC31. The third-order valence-corrected chi connectivity index (χ3v) is 5.90. The molecule has 1 unspecified atom stereocenters. The number of ether oxygens (including phenoxy) is 1. The molecule has 1 N–H and O–H groups in total. The van der Waals surface area contributed by atoms with E-state index in [9.17, 15) is 22.8 Å². The van der Waals surface area contributed by atoms with Crippen molar-refractivity contribution in [2.45, 2.75) is 55.7 Å². The van der Waals surface area contributed by atoms with Crippen molar-refractivity contribution in [3.05, 3.63) is 41.2 Å². The van der Waals surface area contributed by atoms with Crippen LogP contribution in [0.15, 0.2) is 29.2 Å². The molecular formula is C21H23F3N4O3S. The number of halogens is 3. The van der Waals surface area contributed by atoms with E-state index >= 15 is 0 Å². The number of thioether (sulfide) groups is 1. The summed E-state index contributed by atoms with van der Waals surface area (Å²) in [5.41, 5.74) is -2.21. The first-order chi connectivity index (χ1) is 14.9. The number of benzene rings is 1. The summed E-state index contributed by atoms with van der Waals surface area (Å²) < 4.78 is 45.1. The summed E-state index contributed by atoms with van der Waals surface area (Å²) in [6, 6.07) is 5.52. The van der Waals surface area contributed by atoms with Gasteiger partial charge in [-0.1, -0.05) is 0 Å². The Labute approximate surface area is 187 Å². The van der Waals surface area contributed by atoms with Gasteiger partial charge >= 0.3 is 11.6 Å². The van der Waals surface area contributed by atoms with Crippen LogP contribution in [0.1, 0.15) is 43.8 Å². The molecule has 0 saturated carbocycles. The second-order valence-electron chi connectivity index (χ2n) is 8.68. The van der Waals surface area contributed by atoms with Gasteiger partial charge in [0.2, 0.25) is 5.91 Å². The van der Waals surface area contributed by atoms with Gasteiger partial charge in [0.25, 0.3) is 0 Å². The number of hydrogen-bond donors (Lipinski definition) is 1. The minimum absolute atomic E-state index is 0.0655. The van der Waals surface area contributed by atoms with Crippen LogP contribution in [-0.2, 0) is 22.4 Å². The predicted octanol–water partition coefficient (Wildman–Crippen LogP) is 3.99. The van der Waals surface area contributed by atoms with E-state index < -0.39 is 23.2 Å². The molecule has 0 radical (unpaired) electrons. The molecule has 32 heavy (non-hydrogen) atoms. The molecule has 1 atom stereocenters. The van der Waals surface area contributed by atoms with Gasteiger partial charge in [-0.05, 0) is 56.8 Å². The Morgan fingerprint density at radius 2 is 1.91 bits per heavy atom. The smallest absolute Gasteiger partial charge is 0.444 e. The van der Waals surface area contributed by atoms with Crippen molar-refractivity contribution in [1.29, 1.82) is 0 Å². The highest BCUT2D eigenvalue weighted by molar-refractivity contribution is 8.00. The molecule has 0 fully saturated rings. The number of nitrogens with one attached hydrogen (secondary N) is 1. The summed E-state index contributed by atoms with van der Waals surface area (Å²) in [5, 5.41) is 7.44. The molecule has 0 saturated heterocycles. The van der Waals surface area contributed by atoms with Crippen LogP contribution in [0, 0.1) is 0 Å². The van der Waals surface area contributed by atoms with Crippen molar-refractivity contribution >= 4 is 23.8 Å². The lowest BCUT2D eigenvalue weighted by molar-refractivity contribution is -0.120. The van der Waals surface area contributed by atoms with Crippen molar-refractivity contribution in [1.82, 2.24) is 20.0 Å². The Morgan fingerprint density at radius 3 is 2.53 bits per heavy atom. The fraction of sp³-hybridized carbons (Fsp3) is 0.476. The van der Waals surface area contributed by atoms with Gasteiger partial charge in [-0.2, -0.15) is 18.3 Å². The first-order valence-corrected chi connectivity index (χ1v) is 11.0. The van der Waals surface area contributed by atoms with Gasteiger partial charge in [0, 0.05) is 30.0 Å². The monoisotopic (exact) mass is 468 g/mol. The van der Waals surface area contributed by atoms with Crippen LogP contribution in [0.25, 0.3) is 5.69 Å². The van der Waals surface area contributed by atoms with E-state index in [1.165, 1.54) is 12.1 Å². The quantitative estimate of drug-likeness (QED) is 0.675. The number of rotatable bonds is 2. The van der Waals surface area contributed by atoms with E-state index in [1.54, 1.807) is 42.5 Å². The largest absolute Gasteiger partial charge is 0.446 e. The number of amides is 2. The normalized spacial score (nSPS) is 18.6. The molecule has 2 aliphatic rings. The molecule has 2 aliphatic heterocycles. The minimum atomic E-state index is -4.36. The Bertz CT molecular complexity index is 1040. The summed E-state index contributed by atoms with van der Waals surface area (Å²) in [7, 11) is 0. The number of nitrogens with zero attached hydrogens (tertiary/aromatic N) is 3. The molecule has 2 amide bonds. The van der Waals surface area contributed by atoms with Crippen LogP contribution in [0.4, 0.5) is 18.0 Å². The first-order valence-electron chi connectivity index (χ1n) is 10.1. The van der Waals surface area contributed by atoms with Gasteiger partial charge in [0.1, 0.15) is 5.60 Å². The first kappa shape index (κ1) is 22.5. The number of hydrogen-bond acceptors (Lipinski definition) is 5. The molecule has 0 spiro atoms. The molecule has 1 aromatic heterocycles. The van der Waals surface area contributed by atoms with Crippen molar-refractivity contribution in [3.63, 3.8) is 0 Å². The second kappa shape index (κ2) is 8.02. The predicted molar refractivity (Wildman–Crippen MR) is 112 cm³/mol. The standard InChI is InChI=1S/C21H23F3N4O3S/c1-20(2,3)31-19(30)27-9-8-15-18-14(10-17(29)25-11-16(18)27)26-28(15)12-4-6-13(7-5-12)32-21(22,23)24/h4-7,16H,8-11H2,1-3H3,(H,25,29). The molecule has 3 heterocycles. The molecule has 4 rings (SSSR count). The van der Waals surface area contributed by atoms with Crippen molar-refractivity contribution < 1.29 is 27.5 Å². The van der Waals surface area contributed by atoms with Crippen LogP contribution in [-0.4, -0.2) is 50.9 Å². The molecular weight excluding hydrogens is 445 g/mol. The Morgan fingerprint density at radius 1 is 1.22 bits per heavy atom. The lowest BCUT2D eigenvalue weighted by Gasteiger charge is -2.36.